The second-order valence-corrected chi connectivity index (χ2v) is 4.63. The number of anilines is 2. The minimum Gasteiger partial charge on any atom is -0.322 e. The molecule has 0 saturated carbocycles. The monoisotopic (exact) mass is 274 g/mol. The van der Waals surface area contributed by atoms with Gasteiger partial charge in [0.15, 0.2) is 0 Å². The molecule has 0 fully saturated rings. The number of rotatable bonds is 4. The molecule has 0 aliphatic heterocycles. The van der Waals surface area contributed by atoms with E-state index in [1.54, 1.807) is 24.0 Å². The largest absolute Gasteiger partial charge is 0.322 e. The van der Waals surface area contributed by atoms with Crippen LogP contribution in [0.2, 0.25) is 0 Å². The maximum absolute atomic E-state index is 12.1. The summed E-state index contributed by atoms with van der Waals surface area (Å²) in [7, 11) is 0. The molecule has 2 aromatic rings. The van der Waals surface area contributed by atoms with Crippen molar-refractivity contribution in [1.82, 2.24) is 4.98 Å². The van der Waals surface area contributed by atoms with E-state index in [-0.39, 0.29) is 5.91 Å². The number of amides is 1. The highest BCUT2D eigenvalue weighted by Gasteiger charge is 2.10. The van der Waals surface area contributed by atoms with Crippen LogP contribution in [0.25, 0.3) is 0 Å². The van der Waals surface area contributed by atoms with Crippen LogP contribution in [0.3, 0.4) is 0 Å². The summed E-state index contributed by atoms with van der Waals surface area (Å²) in [5.74, 6) is 5.12. The van der Waals surface area contributed by atoms with Crippen molar-refractivity contribution in [2.24, 2.45) is 5.84 Å². The van der Waals surface area contributed by atoms with Crippen molar-refractivity contribution in [3.63, 3.8) is 0 Å². The molecule has 6 heteroatoms. The van der Waals surface area contributed by atoms with Gasteiger partial charge in [-0.05, 0) is 36.6 Å². The summed E-state index contributed by atoms with van der Waals surface area (Å²) in [6.07, 6.45) is 5.06. The van der Waals surface area contributed by atoms with E-state index in [2.05, 4.69) is 15.7 Å². The Morgan fingerprint density at radius 1 is 1.26 bits per heavy atom. The first-order valence-corrected chi connectivity index (χ1v) is 6.83. The molecule has 98 valence electrons. The number of nitrogens with two attached hydrogens (primary N) is 1. The van der Waals surface area contributed by atoms with Gasteiger partial charge in [-0.3, -0.25) is 15.6 Å². The summed E-state index contributed by atoms with van der Waals surface area (Å²) < 4.78 is 0. The Morgan fingerprint density at radius 2 is 2.00 bits per heavy atom. The second kappa shape index (κ2) is 6.21. The van der Waals surface area contributed by atoms with Crippen molar-refractivity contribution in [3.05, 3.63) is 48.3 Å². The fraction of sp³-hybridized carbons (Fsp3) is 0.0769. The number of benzene rings is 1. The van der Waals surface area contributed by atoms with Crippen LogP contribution in [0.1, 0.15) is 10.4 Å². The molecule has 2 rings (SSSR count). The van der Waals surface area contributed by atoms with Crippen LogP contribution in [-0.4, -0.2) is 17.1 Å². The minimum atomic E-state index is -0.229. The number of nitrogens with one attached hydrogen (secondary N) is 2. The Labute approximate surface area is 115 Å². The number of thioether (sulfide) groups is 1. The number of carbonyl (C=O) groups excluding carboxylic acids is 1. The number of nitrogens with zero attached hydrogens (tertiary/aromatic N) is 1. The molecule has 1 aromatic heterocycles. The molecule has 1 heterocycles. The van der Waals surface area contributed by atoms with Gasteiger partial charge in [-0.15, -0.1) is 11.8 Å². The van der Waals surface area contributed by atoms with Crippen LogP contribution in [0.15, 0.2) is 47.6 Å². The predicted molar refractivity (Wildman–Crippen MR) is 78.2 cm³/mol. The standard InChI is InChI=1S/C13H14N4OS/c1-19-10-4-2-9(3-5-10)16-13(18)11-6-7-15-8-12(11)17-14/h2-8,17H,14H2,1H3,(H,16,18). The van der Waals surface area contributed by atoms with E-state index in [0.717, 1.165) is 10.6 Å². The Hall–Kier alpha value is -2.05. The Bertz CT molecular complexity index is 571. The average Bonchev–Trinajstić information content (AvgIpc) is 2.48. The Balaban J connectivity index is 2.16. The van der Waals surface area contributed by atoms with Gasteiger partial charge in [-0.1, -0.05) is 0 Å². The maximum Gasteiger partial charge on any atom is 0.257 e. The number of aromatic nitrogens is 1. The van der Waals surface area contributed by atoms with E-state index < -0.39 is 0 Å². The fourth-order valence-corrected chi connectivity index (χ4v) is 1.99. The number of hydrazine groups is 1. The molecule has 5 nitrogen and oxygen atoms in total. The smallest absolute Gasteiger partial charge is 0.257 e. The molecule has 0 unspecified atom stereocenters. The molecular formula is C13H14N4OS. The Morgan fingerprint density at radius 3 is 2.63 bits per heavy atom. The zero-order valence-electron chi connectivity index (χ0n) is 10.4. The van der Waals surface area contributed by atoms with Crippen LogP contribution in [0.4, 0.5) is 11.4 Å². The fourth-order valence-electron chi connectivity index (χ4n) is 1.58. The van der Waals surface area contributed by atoms with Gasteiger partial charge >= 0.3 is 0 Å². The molecule has 4 N–H and O–H groups in total. The van der Waals surface area contributed by atoms with Gasteiger partial charge in [0.1, 0.15) is 0 Å². The zero-order valence-corrected chi connectivity index (χ0v) is 11.2. The number of carbonyl (C=O) groups is 1. The zero-order chi connectivity index (χ0) is 13.7. The summed E-state index contributed by atoms with van der Waals surface area (Å²) in [5, 5.41) is 2.81. The lowest BCUT2D eigenvalue weighted by Gasteiger charge is -2.09. The molecule has 1 amide bonds. The van der Waals surface area contributed by atoms with Gasteiger partial charge < -0.3 is 10.7 Å². The molecule has 19 heavy (non-hydrogen) atoms. The molecule has 0 aliphatic carbocycles. The summed E-state index contributed by atoms with van der Waals surface area (Å²) >= 11 is 1.65. The van der Waals surface area contributed by atoms with Gasteiger partial charge in [0.25, 0.3) is 5.91 Å². The summed E-state index contributed by atoms with van der Waals surface area (Å²) in [4.78, 5) is 17.2. The van der Waals surface area contributed by atoms with Crippen molar-refractivity contribution in [1.29, 1.82) is 0 Å². The van der Waals surface area contributed by atoms with Crippen molar-refractivity contribution in [2.75, 3.05) is 17.0 Å². The second-order valence-electron chi connectivity index (χ2n) is 3.75. The van der Waals surface area contributed by atoms with Gasteiger partial charge in [0.05, 0.1) is 17.4 Å². The third kappa shape index (κ3) is 3.24. The first kappa shape index (κ1) is 13.4. The Kier molecular flexibility index (Phi) is 4.38. The van der Waals surface area contributed by atoms with E-state index in [1.165, 1.54) is 6.20 Å². The van der Waals surface area contributed by atoms with E-state index in [4.69, 9.17) is 5.84 Å². The van der Waals surface area contributed by atoms with Crippen LogP contribution in [-0.2, 0) is 0 Å². The van der Waals surface area contributed by atoms with E-state index in [0.29, 0.717) is 11.3 Å². The third-order valence-electron chi connectivity index (χ3n) is 2.57. The third-order valence-corrected chi connectivity index (χ3v) is 3.31. The van der Waals surface area contributed by atoms with Gasteiger partial charge in [0.2, 0.25) is 0 Å². The van der Waals surface area contributed by atoms with Gasteiger partial charge in [0, 0.05) is 16.8 Å². The van der Waals surface area contributed by atoms with Crippen molar-refractivity contribution < 1.29 is 4.79 Å². The molecular weight excluding hydrogens is 260 g/mol. The molecule has 0 atom stereocenters. The lowest BCUT2D eigenvalue weighted by Crippen LogP contribution is -2.17. The molecule has 1 aromatic carbocycles. The van der Waals surface area contributed by atoms with Gasteiger partial charge in [-0.25, -0.2) is 0 Å². The van der Waals surface area contributed by atoms with Gasteiger partial charge in [-0.2, -0.15) is 0 Å². The van der Waals surface area contributed by atoms with Crippen LogP contribution < -0.4 is 16.6 Å². The summed E-state index contributed by atoms with van der Waals surface area (Å²) in [6.45, 7) is 0. The summed E-state index contributed by atoms with van der Waals surface area (Å²) in [6, 6.07) is 9.24. The SMILES string of the molecule is CSc1ccc(NC(=O)c2ccncc2NN)cc1. The predicted octanol–water partition coefficient (Wildman–Crippen LogP) is 2.34. The molecule has 0 aliphatic rings. The highest BCUT2D eigenvalue weighted by molar-refractivity contribution is 7.98. The number of hydrogen-bond donors (Lipinski definition) is 3. The lowest BCUT2D eigenvalue weighted by molar-refractivity contribution is 0.102. The van der Waals surface area contributed by atoms with Crippen LogP contribution in [0.5, 0.6) is 0 Å². The van der Waals surface area contributed by atoms with E-state index in [1.807, 2.05) is 30.5 Å². The molecule has 0 bridgehead atoms. The van der Waals surface area contributed by atoms with Crippen molar-refractivity contribution in [3.8, 4) is 0 Å². The molecule has 0 saturated heterocycles. The molecule has 0 radical (unpaired) electrons. The number of nitrogen functional groups attached to an aromatic ring is 1. The highest BCUT2D eigenvalue weighted by atomic mass is 32.2. The van der Waals surface area contributed by atoms with E-state index >= 15 is 0 Å². The highest BCUT2D eigenvalue weighted by Crippen LogP contribution is 2.19. The first-order valence-electron chi connectivity index (χ1n) is 5.60. The van der Waals surface area contributed by atoms with Crippen molar-refractivity contribution >= 4 is 29.0 Å². The number of pyridine rings is 1. The topological polar surface area (TPSA) is 80.0 Å². The summed E-state index contributed by atoms with van der Waals surface area (Å²) in [5.41, 5.74) is 4.13. The molecule has 0 spiro atoms. The quantitative estimate of drug-likeness (QED) is 0.453. The van der Waals surface area contributed by atoms with Crippen LogP contribution in [0, 0.1) is 0 Å². The minimum absolute atomic E-state index is 0.229. The van der Waals surface area contributed by atoms with Crippen molar-refractivity contribution in [2.45, 2.75) is 4.90 Å². The normalized spacial score (nSPS) is 10.0. The number of hydrogen-bond acceptors (Lipinski definition) is 5. The van der Waals surface area contributed by atoms with Crippen LogP contribution >= 0.6 is 11.8 Å². The lowest BCUT2D eigenvalue weighted by atomic mass is 10.2. The maximum atomic E-state index is 12.1. The van der Waals surface area contributed by atoms with E-state index in [9.17, 15) is 4.79 Å². The average molecular weight is 274 g/mol. The first-order chi connectivity index (χ1) is 9.24.